The smallest absolute Gasteiger partial charge is 0.405 e. The zero-order valence-electron chi connectivity index (χ0n) is 15.1. The van der Waals surface area contributed by atoms with Crippen molar-refractivity contribution in [3.05, 3.63) is 54.9 Å². The normalized spacial score (nSPS) is 13.4. The lowest BCUT2D eigenvalue weighted by Crippen LogP contribution is -2.38. The monoisotopic (exact) mass is 345 g/mol. The van der Waals surface area contributed by atoms with Crippen molar-refractivity contribution in [1.29, 1.82) is 0 Å². The molecule has 1 rings (SSSR count). The summed E-state index contributed by atoms with van der Waals surface area (Å²) in [6.07, 6.45) is 3.87. The lowest BCUT2D eigenvalue weighted by Gasteiger charge is -2.27. The summed E-state index contributed by atoms with van der Waals surface area (Å²) in [6.45, 7) is 13.6. The highest BCUT2D eigenvalue weighted by atomic mass is 16.6. The number of amides is 2. The molecule has 6 nitrogen and oxygen atoms in total. The number of primary amides is 1. The van der Waals surface area contributed by atoms with Crippen LogP contribution in [0.1, 0.15) is 44.6 Å². The number of nitrogens with zero attached hydrogens (tertiary/aromatic N) is 1. The van der Waals surface area contributed by atoms with Crippen molar-refractivity contribution in [3.63, 3.8) is 0 Å². The Hall–Kier alpha value is -2.63. The third-order valence-electron chi connectivity index (χ3n) is 4.00. The van der Waals surface area contributed by atoms with E-state index >= 15 is 0 Å². The second-order valence-corrected chi connectivity index (χ2v) is 6.55. The summed E-state index contributed by atoms with van der Waals surface area (Å²) < 4.78 is 5.11. The summed E-state index contributed by atoms with van der Waals surface area (Å²) in [5.41, 5.74) is 6.35. The standard InChI is InChI=1S/C19H27N3O3/c1-6-8-16(25-18(20)24)15-11-14(9-10-21-15)19(4,5)12-22-17(23)13(3)7-2/h6-7,9-11,13,16H,1-2,8,12H2,3-5H3,(H2,20,24)(H,22,23)/t13-,16+/m1/s1. The number of nitrogens with one attached hydrogen (secondary N) is 1. The lowest BCUT2D eigenvalue weighted by molar-refractivity contribution is -0.123. The number of hydrogen-bond acceptors (Lipinski definition) is 4. The average Bonchev–Trinajstić information content (AvgIpc) is 2.58. The maximum absolute atomic E-state index is 12.0. The van der Waals surface area contributed by atoms with Crippen LogP contribution in [0, 0.1) is 5.92 Å². The van der Waals surface area contributed by atoms with Gasteiger partial charge in [-0.1, -0.05) is 32.9 Å². The van der Waals surface area contributed by atoms with Gasteiger partial charge in [0.1, 0.15) is 6.10 Å². The van der Waals surface area contributed by atoms with Gasteiger partial charge in [-0.15, -0.1) is 13.2 Å². The molecule has 0 aliphatic heterocycles. The van der Waals surface area contributed by atoms with Gasteiger partial charge in [-0.05, 0) is 17.7 Å². The number of aromatic nitrogens is 1. The van der Waals surface area contributed by atoms with Gasteiger partial charge in [0.05, 0.1) is 11.6 Å². The summed E-state index contributed by atoms with van der Waals surface area (Å²) in [6, 6.07) is 3.74. The van der Waals surface area contributed by atoms with Gasteiger partial charge < -0.3 is 15.8 Å². The molecule has 2 atom stereocenters. The van der Waals surface area contributed by atoms with E-state index in [1.807, 2.05) is 26.0 Å². The number of rotatable bonds is 9. The Bertz CT molecular complexity index is 641. The highest BCUT2D eigenvalue weighted by Crippen LogP contribution is 2.27. The zero-order valence-corrected chi connectivity index (χ0v) is 15.1. The molecule has 0 saturated heterocycles. The molecular formula is C19H27N3O3. The number of carbonyl (C=O) groups is 2. The van der Waals surface area contributed by atoms with Crippen molar-refractivity contribution in [2.24, 2.45) is 11.7 Å². The Morgan fingerprint density at radius 1 is 1.44 bits per heavy atom. The topological polar surface area (TPSA) is 94.3 Å². The van der Waals surface area contributed by atoms with E-state index in [9.17, 15) is 9.59 Å². The third kappa shape index (κ3) is 6.06. The Kier molecular flexibility index (Phi) is 7.36. The van der Waals surface area contributed by atoms with Gasteiger partial charge in [-0.3, -0.25) is 9.78 Å². The first-order chi connectivity index (χ1) is 11.7. The molecule has 1 aromatic rings. The highest BCUT2D eigenvalue weighted by Gasteiger charge is 2.24. The summed E-state index contributed by atoms with van der Waals surface area (Å²) >= 11 is 0. The van der Waals surface area contributed by atoms with Gasteiger partial charge in [-0.25, -0.2) is 4.79 Å². The van der Waals surface area contributed by atoms with Crippen molar-refractivity contribution >= 4 is 12.0 Å². The van der Waals surface area contributed by atoms with Crippen LogP contribution in [0.15, 0.2) is 43.6 Å². The van der Waals surface area contributed by atoms with Crippen LogP contribution in [0.3, 0.4) is 0 Å². The van der Waals surface area contributed by atoms with E-state index in [0.29, 0.717) is 18.7 Å². The molecule has 0 saturated carbocycles. The molecule has 0 bridgehead atoms. The van der Waals surface area contributed by atoms with Gasteiger partial charge in [0, 0.05) is 24.6 Å². The Balaban J connectivity index is 2.96. The van der Waals surface area contributed by atoms with Gasteiger partial charge in [0.25, 0.3) is 0 Å². The molecule has 0 aliphatic carbocycles. The van der Waals surface area contributed by atoms with Crippen LogP contribution in [0.2, 0.25) is 0 Å². The molecular weight excluding hydrogens is 318 g/mol. The van der Waals surface area contributed by atoms with Crippen LogP contribution in [-0.2, 0) is 14.9 Å². The molecule has 0 unspecified atom stereocenters. The molecule has 25 heavy (non-hydrogen) atoms. The van der Waals surface area contributed by atoms with E-state index < -0.39 is 12.2 Å². The summed E-state index contributed by atoms with van der Waals surface area (Å²) in [5, 5.41) is 2.93. The number of ether oxygens (including phenoxy) is 1. The minimum Gasteiger partial charge on any atom is -0.440 e. The van der Waals surface area contributed by atoms with Crippen molar-refractivity contribution in [1.82, 2.24) is 10.3 Å². The zero-order chi connectivity index (χ0) is 19.0. The first-order valence-corrected chi connectivity index (χ1v) is 8.15. The predicted molar refractivity (Wildman–Crippen MR) is 97.9 cm³/mol. The van der Waals surface area contributed by atoms with Crippen LogP contribution >= 0.6 is 0 Å². The minimum atomic E-state index is -0.857. The SMILES string of the molecule is C=CC[C@H](OC(N)=O)c1cc(C(C)(C)CNC(=O)[C@H](C)C=C)ccn1. The Morgan fingerprint density at radius 2 is 2.12 bits per heavy atom. The first-order valence-electron chi connectivity index (χ1n) is 8.15. The molecule has 0 spiro atoms. The second-order valence-electron chi connectivity index (χ2n) is 6.55. The van der Waals surface area contributed by atoms with E-state index in [4.69, 9.17) is 10.5 Å². The molecule has 3 N–H and O–H groups in total. The van der Waals surface area contributed by atoms with E-state index in [2.05, 4.69) is 23.5 Å². The molecule has 0 aliphatic rings. The molecule has 1 heterocycles. The van der Waals surface area contributed by atoms with E-state index in [1.165, 1.54) is 0 Å². The number of carbonyl (C=O) groups excluding carboxylic acids is 2. The fourth-order valence-corrected chi connectivity index (χ4v) is 2.24. The van der Waals surface area contributed by atoms with E-state index in [0.717, 1.165) is 5.56 Å². The van der Waals surface area contributed by atoms with Gasteiger partial charge in [0.2, 0.25) is 5.91 Å². The summed E-state index contributed by atoms with van der Waals surface area (Å²) in [4.78, 5) is 27.3. The van der Waals surface area contributed by atoms with Crippen LogP contribution in [0.5, 0.6) is 0 Å². The van der Waals surface area contributed by atoms with Gasteiger partial charge in [-0.2, -0.15) is 0 Å². The van der Waals surface area contributed by atoms with Crippen LogP contribution in [-0.4, -0.2) is 23.5 Å². The fourth-order valence-electron chi connectivity index (χ4n) is 2.24. The van der Waals surface area contributed by atoms with Crippen LogP contribution in [0.25, 0.3) is 0 Å². The minimum absolute atomic E-state index is 0.0704. The van der Waals surface area contributed by atoms with E-state index in [-0.39, 0.29) is 17.2 Å². The average molecular weight is 345 g/mol. The Morgan fingerprint density at radius 3 is 2.68 bits per heavy atom. The number of pyridine rings is 1. The molecule has 2 amide bonds. The predicted octanol–water partition coefficient (Wildman–Crippen LogP) is 3.01. The molecule has 136 valence electrons. The molecule has 6 heteroatoms. The van der Waals surface area contributed by atoms with Gasteiger partial charge >= 0.3 is 6.09 Å². The largest absolute Gasteiger partial charge is 0.440 e. The highest BCUT2D eigenvalue weighted by molar-refractivity contribution is 5.79. The van der Waals surface area contributed by atoms with Crippen LogP contribution < -0.4 is 11.1 Å². The van der Waals surface area contributed by atoms with Crippen LogP contribution in [0.4, 0.5) is 4.79 Å². The number of hydrogen-bond donors (Lipinski definition) is 2. The maximum atomic E-state index is 12.0. The first kappa shape index (κ1) is 20.4. The summed E-state index contributed by atoms with van der Waals surface area (Å²) in [7, 11) is 0. The quantitative estimate of drug-likeness (QED) is 0.673. The summed E-state index contributed by atoms with van der Waals surface area (Å²) in [5.74, 6) is -0.316. The van der Waals surface area contributed by atoms with Crippen molar-refractivity contribution in [2.45, 2.75) is 38.7 Å². The molecule has 0 aromatic carbocycles. The van der Waals surface area contributed by atoms with Crippen molar-refractivity contribution in [2.75, 3.05) is 6.54 Å². The van der Waals surface area contributed by atoms with Crippen molar-refractivity contribution in [3.8, 4) is 0 Å². The number of nitrogens with two attached hydrogens (primary N) is 1. The van der Waals surface area contributed by atoms with Gasteiger partial charge in [0.15, 0.2) is 0 Å². The lowest BCUT2D eigenvalue weighted by atomic mass is 9.84. The third-order valence-corrected chi connectivity index (χ3v) is 4.00. The molecule has 0 fully saturated rings. The Labute approximate surface area is 149 Å². The molecule has 0 radical (unpaired) electrons. The van der Waals surface area contributed by atoms with Crippen molar-refractivity contribution < 1.29 is 14.3 Å². The fraction of sp³-hybridized carbons (Fsp3) is 0.421. The van der Waals surface area contributed by atoms with E-state index in [1.54, 1.807) is 25.3 Å². The molecule has 1 aromatic heterocycles. The second kappa shape index (κ2) is 9.01. The maximum Gasteiger partial charge on any atom is 0.405 e.